The molecule has 1 aromatic rings. The van der Waals surface area contributed by atoms with Crippen molar-refractivity contribution in [1.82, 2.24) is 0 Å². The molecule has 1 aromatic carbocycles. The zero-order valence-electron chi connectivity index (χ0n) is 7.61. The van der Waals surface area contributed by atoms with Crippen LogP contribution in [0.1, 0.15) is 12.8 Å². The number of nitrogen functional groups attached to an aromatic ring is 1. The Morgan fingerprint density at radius 1 is 1.23 bits per heavy atom. The highest BCUT2D eigenvalue weighted by Gasteiger charge is 2.41. The molecule has 13 heavy (non-hydrogen) atoms. The normalized spacial score (nSPS) is 20.4. The molecule has 70 valence electrons. The van der Waals surface area contributed by atoms with Crippen LogP contribution in [0.15, 0.2) is 24.3 Å². The van der Waals surface area contributed by atoms with E-state index in [0.717, 1.165) is 23.3 Å². The van der Waals surface area contributed by atoms with Crippen molar-refractivity contribution in [2.45, 2.75) is 12.8 Å². The summed E-state index contributed by atoms with van der Waals surface area (Å²) in [4.78, 5) is 10.3. The first-order valence-electron chi connectivity index (χ1n) is 4.67. The van der Waals surface area contributed by atoms with E-state index in [1.165, 1.54) is 12.8 Å². The highest BCUT2D eigenvalue weighted by atomic mass is 31.2. The van der Waals surface area contributed by atoms with Crippen LogP contribution in [0.25, 0.3) is 0 Å². The first-order valence-corrected chi connectivity index (χ1v) is 6.78. The zero-order chi connectivity index (χ0) is 9.31. The largest absolute Gasteiger partial charge is 0.399 e. The topological polar surface area (TPSA) is 46.2 Å². The van der Waals surface area contributed by atoms with Crippen LogP contribution >= 0.6 is 7.49 Å². The SMILES string of the molecule is Nc1cccc([P+]2(O)CCCC2)c1. The van der Waals surface area contributed by atoms with Crippen LogP contribution in [-0.4, -0.2) is 17.2 Å². The molecule has 0 aromatic heterocycles. The van der Waals surface area contributed by atoms with Crippen LogP contribution < -0.4 is 11.0 Å². The summed E-state index contributed by atoms with van der Waals surface area (Å²) in [6.07, 6.45) is 4.30. The number of hydrogen-bond acceptors (Lipinski definition) is 2. The molecule has 1 saturated heterocycles. The zero-order valence-corrected chi connectivity index (χ0v) is 8.50. The summed E-state index contributed by atoms with van der Waals surface area (Å²) in [7, 11) is -1.78. The first-order chi connectivity index (χ1) is 6.21. The molecule has 0 radical (unpaired) electrons. The maximum Gasteiger partial charge on any atom is 0.174 e. The summed E-state index contributed by atoms with van der Waals surface area (Å²) < 4.78 is 0. The Bertz CT molecular complexity index is 308. The number of nitrogens with two attached hydrogens (primary N) is 1. The Morgan fingerprint density at radius 2 is 1.92 bits per heavy atom. The second kappa shape index (κ2) is 3.28. The second-order valence-electron chi connectivity index (χ2n) is 3.67. The lowest BCUT2D eigenvalue weighted by Gasteiger charge is -2.13. The summed E-state index contributed by atoms with van der Waals surface area (Å²) in [5.41, 5.74) is 6.45. The first kappa shape index (κ1) is 8.98. The van der Waals surface area contributed by atoms with E-state index in [1.54, 1.807) is 0 Å². The van der Waals surface area contributed by atoms with Crippen LogP contribution in [0.2, 0.25) is 0 Å². The van der Waals surface area contributed by atoms with Gasteiger partial charge in [-0.3, -0.25) is 0 Å². The molecule has 3 heteroatoms. The Kier molecular flexibility index (Phi) is 2.27. The smallest absolute Gasteiger partial charge is 0.174 e. The summed E-state index contributed by atoms with van der Waals surface area (Å²) in [6, 6.07) is 7.74. The van der Waals surface area contributed by atoms with Crippen molar-refractivity contribution in [2.75, 3.05) is 18.1 Å². The van der Waals surface area contributed by atoms with Crippen LogP contribution in [0.5, 0.6) is 0 Å². The van der Waals surface area contributed by atoms with Gasteiger partial charge in [0.05, 0.1) is 12.3 Å². The van der Waals surface area contributed by atoms with Gasteiger partial charge in [-0.05, 0) is 25.0 Å². The quantitative estimate of drug-likeness (QED) is 0.529. The summed E-state index contributed by atoms with van der Waals surface area (Å²) in [6.45, 7) is 0. The summed E-state index contributed by atoms with van der Waals surface area (Å²) >= 11 is 0. The third kappa shape index (κ3) is 1.70. The fraction of sp³-hybridized carbons (Fsp3) is 0.400. The predicted molar refractivity (Wildman–Crippen MR) is 58.6 cm³/mol. The Hall–Kier alpha value is -0.590. The van der Waals surface area contributed by atoms with Gasteiger partial charge >= 0.3 is 0 Å². The average molecular weight is 196 g/mol. The van der Waals surface area contributed by atoms with E-state index in [0.29, 0.717) is 0 Å². The van der Waals surface area contributed by atoms with Crippen LogP contribution in [0.3, 0.4) is 0 Å². The molecule has 0 atom stereocenters. The van der Waals surface area contributed by atoms with E-state index in [4.69, 9.17) is 5.73 Å². The minimum absolute atomic E-state index is 0.762. The second-order valence-corrected chi connectivity index (χ2v) is 6.93. The fourth-order valence-corrected chi connectivity index (χ4v) is 4.89. The molecule has 1 heterocycles. The molecule has 3 N–H and O–H groups in total. The van der Waals surface area contributed by atoms with Crippen molar-refractivity contribution < 1.29 is 4.89 Å². The van der Waals surface area contributed by atoms with Crippen LogP contribution in [0, 0.1) is 0 Å². The molecule has 0 saturated carbocycles. The maximum absolute atomic E-state index is 10.3. The predicted octanol–water partition coefficient (Wildman–Crippen LogP) is 1.61. The lowest BCUT2D eigenvalue weighted by Crippen LogP contribution is -2.12. The minimum Gasteiger partial charge on any atom is -0.399 e. The van der Waals surface area contributed by atoms with Crippen molar-refractivity contribution in [1.29, 1.82) is 0 Å². The van der Waals surface area contributed by atoms with Gasteiger partial charge in [-0.1, -0.05) is 6.07 Å². The Morgan fingerprint density at radius 3 is 2.54 bits per heavy atom. The van der Waals surface area contributed by atoms with E-state index in [2.05, 4.69) is 0 Å². The van der Waals surface area contributed by atoms with Crippen molar-refractivity contribution in [3.8, 4) is 0 Å². The van der Waals surface area contributed by atoms with Crippen molar-refractivity contribution in [3.63, 3.8) is 0 Å². The molecular formula is C10H15NOP+. The minimum atomic E-state index is -1.78. The standard InChI is InChI=1S/C10H15NOP/c11-9-4-3-5-10(8-9)13(12)6-1-2-7-13/h3-5,8,12H,1-2,6-7,11H2/q+1. The van der Waals surface area contributed by atoms with Crippen molar-refractivity contribution in [3.05, 3.63) is 24.3 Å². The molecule has 0 aliphatic carbocycles. The molecule has 0 spiro atoms. The molecular weight excluding hydrogens is 181 g/mol. The van der Waals surface area contributed by atoms with Crippen LogP contribution in [0.4, 0.5) is 5.69 Å². The molecule has 0 unspecified atom stereocenters. The van der Waals surface area contributed by atoms with E-state index in [1.807, 2.05) is 24.3 Å². The molecule has 1 aliphatic rings. The van der Waals surface area contributed by atoms with E-state index < -0.39 is 7.49 Å². The van der Waals surface area contributed by atoms with Gasteiger partial charge in [-0.2, -0.15) is 0 Å². The lowest BCUT2D eigenvalue weighted by atomic mass is 10.3. The molecule has 1 fully saturated rings. The Balaban J connectivity index is 2.33. The van der Waals surface area contributed by atoms with Crippen molar-refractivity contribution in [2.24, 2.45) is 0 Å². The average Bonchev–Trinajstić information content (AvgIpc) is 2.54. The van der Waals surface area contributed by atoms with E-state index in [-0.39, 0.29) is 0 Å². The highest BCUT2D eigenvalue weighted by molar-refractivity contribution is 7.78. The summed E-state index contributed by atoms with van der Waals surface area (Å²) in [5, 5.41) is 1.09. The molecule has 1 aliphatic heterocycles. The number of hydrogen-bond donors (Lipinski definition) is 2. The molecule has 0 bridgehead atoms. The number of anilines is 1. The van der Waals surface area contributed by atoms with Gasteiger partial charge in [0.1, 0.15) is 5.30 Å². The van der Waals surface area contributed by atoms with Gasteiger partial charge in [0.25, 0.3) is 0 Å². The van der Waals surface area contributed by atoms with Crippen molar-refractivity contribution >= 4 is 18.5 Å². The highest BCUT2D eigenvalue weighted by Crippen LogP contribution is 2.58. The molecule has 2 rings (SSSR count). The van der Waals surface area contributed by atoms with Gasteiger partial charge in [0.2, 0.25) is 0 Å². The van der Waals surface area contributed by atoms with E-state index in [9.17, 15) is 4.89 Å². The number of rotatable bonds is 1. The summed E-state index contributed by atoms with van der Waals surface area (Å²) in [5.74, 6) is 0. The number of benzene rings is 1. The third-order valence-corrected chi connectivity index (χ3v) is 6.01. The van der Waals surface area contributed by atoms with E-state index >= 15 is 0 Å². The van der Waals surface area contributed by atoms with Crippen LogP contribution in [-0.2, 0) is 0 Å². The monoisotopic (exact) mass is 196 g/mol. The van der Waals surface area contributed by atoms with Gasteiger partial charge in [-0.15, -0.1) is 0 Å². The van der Waals surface area contributed by atoms with Gasteiger partial charge in [0, 0.05) is 11.8 Å². The van der Waals surface area contributed by atoms with Gasteiger partial charge in [-0.25, -0.2) is 4.89 Å². The molecule has 0 amide bonds. The van der Waals surface area contributed by atoms with Gasteiger partial charge in [0.15, 0.2) is 7.49 Å². The van der Waals surface area contributed by atoms with Gasteiger partial charge < -0.3 is 5.73 Å². The lowest BCUT2D eigenvalue weighted by molar-refractivity contribution is 0.618. The maximum atomic E-state index is 10.3. The Labute approximate surface area is 79.2 Å². The fourth-order valence-electron chi connectivity index (χ4n) is 1.90. The molecule has 2 nitrogen and oxygen atoms in total. The third-order valence-electron chi connectivity index (χ3n) is 2.66.